The van der Waals surface area contributed by atoms with Crippen molar-refractivity contribution in [3.63, 3.8) is 0 Å². The predicted molar refractivity (Wildman–Crippen MR) is 79.1 cm³/mol. The third kappa shape index (κ3) is 2.96. The molecular weight excluding hydrogens is 254 g/mol. The zero-order chi connectivity index (χ0) is 14.9. The Morgan fingerprint density at radius 3 is 2.70 bits per heavy atom. The Morgan fingerprint density at radius 2 is 2.10 bits per heavy atom. The summed E-state index contributed by atoms with van der Waals surface area (Å²) in [5.41, 5.74) is 1.35. The first-order valence-corrected chi connectivity index (χ1v) is 7.09. The number of nitrogens with zero attached hydrogens (tertiary/aromatic N) is 1. The van der Waals surface area contributed by atoms with E-state index in [1.165, 1.54) is 0 Å². The van der Waals surface area contributed by atoms with Gasteiger partial charge in [0, 0.05) is 24.7 Å². The number of fused-ring (bicyclic) bond motifs is 1. The summed E-state index contributed by atoms with van der Waals surface area (Å²) < 4.78 is 0. The number of aliphatic carboxylic acids is 1. The molecule has 0 spiro atoms. The minimum atomic E-state index is -0.786. The van der Waals surface area contributed by atoms with Gasteiger partial charge in [-0.2, -0.15) is 0 Å². The topological polar surface area (TPSA) is 60.8 Å². The number of para-hydroxylation sites is 1. The number of β-amino-alcohol motifs (C(OH)–C–C–N with tert-alkyl or cyclic N) is 1. The molecule has 2 N–H and O–H groups in total. The van der Waals surface area contributed by atoms with Crippen molar-refractivity contribution in [3.8, 4) is 0 Å². The molecule has 0 saturated heterocycles. The van der Waals surface area contributed by atoms with Gasteiger partial charge in [0.15, 0.2) is 0 Å². The van der Waals surface area contributed by atoms with Crippen molar-refractivity contribution in [2.24, 2.45) is 5.92 Å². The summed E-state index contributed by atoms with van der Waals surface area (Å²) in [6.07, 6.45) is 0.136. The van der Waals surface area contributed by atoms with E-state index in [4.69, 9.17) is 5.11 Å². The van der Waals surface area contributed by atoms with E-state index in [0.29, 0.717) is 13.1 Å². The van der Waals surface area contributed by atoms with Crippen LogP contribution in [0.1, 0.15) is 38.7 Å². The number of hydrogen-bond acceptors (Lipinski definition) is 3. The molecular formula is C16H23NO3. The zero-order valence-electron chi connectivity index (χ0n) is 12.3. The van der Waals surface area contributed by atoms with Crippen LogP contribution in [-0.4, -0.2) is 34.9 Å². The number of carbonyl (C=O) groups is 1. The molecule has 2 rings (SSSR count). The summed E-state index contributed by atoms with van der Waals surface area (Å²) >= 11 is 0. The Morgan fingerprint density at radius 1 is 1.45 bits per heavy atom. The second-order valence-corrected chi connectivity index (χ2v) is 6.25. The summed E-state index contributed by atoms with van der Waals surface area (Å²) in [5, 5.41) is 19.5. The van der Waals surface area contributed by atoms with Gasteiger partial charge in [0.1, 0.15) is 0 Å². The Bertz CT molecular complexity index is 496. The van der Waals surface area contributed by atoms with Crippen LogP contribution in [0.2, 0.25) is 0 Å². The first-order chi connectivity index (χ1) is 9.31. The molecule has 1 aliphatic heterocycles. The largest absolute Gasteiger partial charge is 0.481 e. The number of hydrogen-bond donors (Lipinski definition) is 2. The molecule has 1 aromatic carbocycles. The van der Waals surface area contributed by atoms with Crippen molar-refractivity contribution in [2.75, 3.05) is 18.0 Å². The molecule has 0 saturated carbocycles. The Kier molecular flexibility index (Phi) is 4.04. The van der Waals surface area contributed by atoms with Gasteiger partial charge >= 0.3 is 5.97 Å². The molecule has 0 amide bonds. The van der Waals surface area contributed by atoms with Crippen LogP contribution < -0.4 is 4.90 Å². The number of benzene rings is 1. The van der Waals surface area contributed by atoms with Gasteiger partial charge in [0.25, 0.3) is 0 Å². The average molecular weight is 277 g/mol. The van der Waals surface area contributed by atoms with Crippen LogP contribution >= 0.6 is 0 Å². The smallest absolute Gasteiger partial charge is 0.304 e. The van der Waals surface area contributed by atoms with Gasteiger partial charge in [-0.3, -0.25) is 4.79 Å². The molecule has 4 heteroatoms. The lowest BCUT2D eigenvalue weighted by Crippen LogP contribution is -2.44. The third-order valence-corrected chi connectivity index (χ3v) is 4.33. The van der Waals surface area contributed by atoms with E-state index in [2.05, 4.69) is 4.90 Å². The maximum absolute atomic E-state index is 11.0. The minimum absolute atomic E-state index is 0.00617. The molecule has 0 aliphatic carbocycles. The highest BCUT2D eigenvalue weighted by atomic mass is 16.4. The van der Waals surface area contributed by atoms with Crippen LogP contribution in [0.3, 0.4) is 0 Å². The van der Waals surface area contributed by atoms with E-state index in [9.17, 15) is 9.90 Å². The molecule has 0 radical (unpaired) electrons. The van der Waals surface area contributed by atoms with E-state index >= 15 is 0 Å². The lowest BCUT2D eigenvalue weighted by Gasteiger charge is -2.34. The highest BCUT2D eigenvalue weighted by Crippen LogP contribution is 2.39. The predicted octanol–water partition coefficient (Wildman–Crippen LogP) is 2.47. The fourth-order valence-electron chi connectivity index (χ4n) is 2.69. The van der Waals surface area contributed by atoms with Gasteiger partial charge in [-0.25, -0.2) is 0 Å². The third-order valence-electron chi connectivity index (χ3n) is 4.33. The zero-order valence-corrected chi connectivity index (χ0v) is 12.3. The molecule has 1 aliphatic rings. The summed E-state index contributed by atoms with van der Waals surface area (Å²) in [5.74, 6) is -0.623. The van der Waals surface area contributed by atoms with E-state index in [1.807, 2.05) is 45.0 Å². The monoisotopic (exact) mass is 277 g/mol. The van der Waals surface area contributed by atoms with Gasteiger partial charge < -0.3 is 15.1 Å². The Hall–Kier alpha value is -1.55. The van der Waals surface area contributed by atoms with E-state index in [0.717, 1.165) is 11.3 Å². The fraction of sp³-hybridized carbons (Fsp3) is 0.562. The molecule has 4 nitrogen and oxygen atoms in total. The van der Waals surface area contributed by atoms with Gasteiger partial charge in [-0.15, -0.1) is 0 Å². The van der Waals surface area contributed by atoms with Gasteiger partial charge in [0.05, 0.1) is 12.0 Å². The van der Waals surface area contributed by atoms with Crippen LogP contribution in [0.5, 0.6) is 0 Å². The normalized spacial score (nSPS) is 20.9. The number of rotatable bonds is 5. The van der Waals surface area contributed by atoms with Crippen LogP contribution in [0.4, 0.5) is 5.69 Å². The number of carboxylic acid groups (broad SMARTS) is 1. The highest BCUT2D eigenvalue weighted by molar-refractivity contribution is 5.71. The van der Waals surface area contributed by atoms with Crippen molar-refractivity contribution >= 4 is 11.7 Å². The quantitative estimate of drug-likeness (QED) is 0.868. The molecule has 0 aromatic heterocycles. The van der Waals surface area contributed by atoms with E-state index in [-0.39, 0.29) is 18.3 Å². The summed E-state index contributed by atoms with van der Waals surface area (Å²) in [6.45, 7) is 7.02. The van der Waals surface area contributed by atoms with Crippen LogP contribution in [-0.2, 0) is 4.79 Å². The van der Waals surface area contributed by atoms with Crippen LogP contribution in [0, 0.1) is 5.92 Å². The minimum Gasteiger partial charge on any atom is -0.481 e. The maximum Gasteiger partial charge on any atom is 0.304 e. The Labute approximate surface area is 120 Å². The van der Waals surface area contributed by atoms with Gasteiger partial charge in [-0.1, -0.05) is 32.0 Å². The first-order valence-electron chi connectivity index (χ1n) is 7.09. The summed E-state index contributed by atoms with van der Waals surface area (Å²) in [4.78, 5) is 13.1. The number of aliphatic hydroxyl groups is 1. The SMILES string of the molecule is CC(C)C(C)(O)CN1CC(CC(=O)O)c2ccccc21. The maximum atomic E-state index is 11.0. The van der Waals surface area contributed by atoms with Crippen molar-refractivity contribution in [1.82, 2.24) is 0 Å². The average Bonchev–Trinajstić information content (AvgIpc) is 2.67. The fourth-order valence-corrected chi connectivity index (χ4v) is 2.69. The summed E-state index contributed by atoms with van der Waals surface area (Å²) in [7, 11) is 0. The van der Waals surface area contributed by atoms with Gasteiger partial charge in [0.2, 0.25) is 0 Å². The molecule has 110 valence electrons. The lowest BCUT2D eigenvalue weighted by molar-refractivity contribution is -0.137. The van der Waals surface area contributed by atoms with E-state index in [1.54, 1.807) is 0 Å². The first kappa shape index (κ1) is 14.9. The van der Waals surface area contributed by atoms with Crippen molar-refractivity contribution in [1.29, 1.82) is 0 Å². The lowest BCUT2D eigenvalue weighted by atomic mass is 9.92. The summed E-state index contributed by atoms with van der Waals surface area (Å²) in [6, 6.07) is 7.90. The standard InChI is InChI=1S/C16H23NO3/c1-11(2)16(3,20)10-17-9-12(8-15(18)19)13-6-4-5-7-14(13)17/h4-7,11-12,20H,8-10H2,1-3H3,(H,18,19). The number of carboxylic acids is 1. The molecule has 1 heterocycles. The Balaban J connectivity index is 2.23. The number of anilines is 1. The van der Waals surface area contributed by atoms with E-state index < -0.39 is 11.6 Å². The molecule has 1 aromatic rings. The van der Waals surface area contributed by atoms with Crippen molar-refractivity contribution < 1.29 is 15.0 Å². The highest BCUT2D eigenvalue weighted by Gasteiger charge is 2.35. The molecule has 0 fully saturated rings. The molecule has 0 bridgehead atoms. The van der Waals surface area contributed by atoms with Crippen molar-refractivity contribution in [2.45, 2.75) is 38.7 Å². The van der Waals surface area contributed by atoms with Crippen molar-refractivity contribution in [3.05, 3.63) is 29.8 Å². The molecule has 2 atom stereocenters. The van der Waals surface area contributed by atoms with Crippen LogP contribution in [0.15, 0.2) is 24.3 Å². The molecule has 2 unspecified atom stereocenters. The second-order valence-electron chi connectivity index (χ2n) is 6.25. The van der Waals surface area contributed by atoms with Crippen LogP contribution in [0.25, 0.3) is 0 Å². The van der Waals surface area contributed by atoms with Gasteiger partial charge in [-0.05, 0) is 24.5 Å². The second kappa shape index (κ2) is 5.44. The molecule has 20 heavy (non-hydrogen) atoms.